The van der Waals surface area contributed by atoms with Crippen molar-refractivity contribution in [2.45, 2.75) is 5.75 Å². The highest BCUT2D eigenvalue weighted by Crippen LogP contribution is 2.27. The first-order valence-electron chi connectivity index (χ1n) is 6.13. The Balaban J connectivity index is 2.09. The van der Waals surface area contributed by atoms with E-state index in [0.717, 1.165) is 5.56 Å². The molecule has 0 N–H and O–H groups in total. The molecule has 0 aliphatic carbocycles. The summed E-state index contributed by atoms with van der Waals surface area (Å²) in [4.78, 5) is 4.26. The van der Waals surface area contributed by atoms with Crippen LogP contribution in [0.25, 0.3) is 0 Å². The molecular formula is C12H15Cl2N3O2S2. The maximum absolute atomic E-state index is 12.2. The molecule has 116 valence electrons. The van der Waals surface area contributed by atoms with E-state index in [-0.39, 0.29) is 0 Å². The monoisotopic (exact) mass is 367 g/mol. The van der Waals surface area contributed by atoms with E-state index < -0.39 is 10.2 Å². The molecular weight excluding hydrogens is 353 g/mol. The molecule has 1 aliphatic heterocycles. The third kappa shape index (κ3) is 3.84. The number of rotatable bonds is 4. The van der Waals surface area contributed by atoms with Crippen molar-refractivity contribution >= 4 is 50.3 Å². The maximum Gasteiger partial charge on any atom is 0.305 e. The van der Waals surface area contributed by atoms with Gasteiger partial charge in [0.2, 0.25) is 0 Å². The SMILES string of the molecule is CN(C)S(=O)(=O)N1CCN=C1SCc1ccc(Cl)cc1Cl. The van der Waals surface area contributed by atoms with Crippen molar-refractivity contribution in [3.8, 4) is 0 Å². The first-order valence-corrected chi connectivity index (χ1v) is 9.27. The van der Waals surface area contributed by atoms with Crippen LogP contribution < -0.4 is 0 Å². The Bertz CT molecular complexity index is 662. The van der Waals surface area contributed by atoms with Crippen molar-refractivity contribution in [1.82, 2.24) is 8.61 Å². The lowest BCUT2D eigenvalue weighted by Crippen LogP contribution is -2.41. The van der Waals surface area contributed by atoms with E-state index in [1.54, 1.807) is 12.1 Å². The lowest BCUT2D eigenvalue weighted by molar-refractivity contribution is 0.468. The van der Waals surface area contributed by atoms with E-state index in [0.29, 0.717) is 34.1 Å². The lowest BCUT2D eigenvalue weighted by atomic mass is 10.2. The predicted molar refractivity (Wildman–Crippen MR) is 89.4 cm³/mol. The fraction of sp³-hybridized carbons (Fsp3) is 0.417. The van der Waals surface area contributed by atoms with Crippen LogP contribution in [-0.2, 0) is 16.0 Å². The molecule has 1 aromatic carbocycles. The van der Waals surface area contributed by atoms with Gasteiger partial charge in [-0.25, -0.2) is 4.31 Å². The number of thioether (sulfide) groups is 1. The molecule has 0 radical (unpaired) electrons. The Morgan fingerprint density at radius 1 is 1.38 bits per heavy atom. The molecule has 21 heavy (non-hydrogen) atoms. The molecule has 0 amide bonds. The molecule has 9 heteroatoms. The van der Waals surface area contributed by atoms with Crippen LogP contribution in [0.3, 0.4) is 0 Å². The molecule has 1 heterocycles. The maximum atomic E-state index is 12.2. The smallest absolute Gasteiger partial charge is 0.260 e. The summed E-state index contributed by atoms with van der Waals surface area (Å²) < 4.78 is 26.9. The molecule has 1 aromatic rings. The highest BCUT2D eigenvalue weighted by Gasteiger charge is 2.31. The topological polar surface area (TPSA) is 53.0 Å². The summed E-state index contributed by atoms with van der Waals surface area (Å²) >= 11 is 13.3. The Hall–Kier alpha value is -0.470. The molecule has 0 atom stereocenters. The first kappa shape index (κ1) is 16.9. The number of hydrogen-bond donors (Lipinski definition) is 0. The summed E-state index contributed by atoms with van der Waals surface area (Å²) in [5.74, 6) is 0.536. The van der Waals surface area contributed by atoms with Crippen molar-refractivity contribution in [1.29, 1.82) is 0 Å². The van der Waals surface area contributed by atoms with Gasteiger partial charge in [-0.3, -0.25) is 4.99 Å². The van der Waals surface area contributed by atoms with Gasteiger partial charge in [-0.2, -0.15) is 12.7 Å². The van der Waals surface area contributed by atoms with Gasteiger partial charge in [0.15, 0.2) is 5.17 Å². The summed E-state index contributed by atoms with van der Waals surface area (Å²) in [6, 6.07) is 5.26. The zero-order chi connectivity index (χ0) is 15.6. The van der Waals surface area contributed by atoms with Gasteiger partial charge < -0.3 is 0 Å². The van der Waals surface area contributed by atoms with Gasteiger partial charge in [-0.15, -0.1) is 0 Å². The third-order valence-electron chi connectivity index (χ3n) is 2.88. The van der Waals surface area contributed by atoms with Crippen LogP contribution in [0, 0.1) is 0 Å². The van der Waals surface area contributed by atoms with Gasteiger partial charge in [0, 0.05) is 29.9 Å². The summed E-state index contributed by atoms with van der Waals surface area (Å²) in [6.45, 7) is 0.848. The zero-order valence-corrected chi connectivity index (χ0v) is 14.7. The molecule has 0 fully saturated rings. The van der Waals surface area contributed by atoms with Gasteiger partial charge in [0.05, 0.1) is 13.1 Å². The van der Waals surface area contributed by atoms with Crippen molar-refractivity contribution in [3.05, 3.63) is 33.8 Å². The van der Waals surface area contributed by atoms with E-state index in [2.05, 4.69) is 4.99 Å². The minimum absolute atomic E-state index is 0.372. The number of halogens is 2. The number of benzene rings is 1. The van der Waals surface area contributed by atoms with Gasteiger partial charge in [0.1, 0.15) is 0 Å². The highest BCUT2D eigenvalue weighted by atomic mass is 35.5. The largest absolute Gasteiger partial charge is 0.305 e. The third-order valence-corrected chi connectivity index (χ3v) is 6.48. The molecule has 0 saturated carbocycles. The van der Waals surface area contributed by atoms with Gasteiger partial charge in [-0.1, -0.05) is 41.0 Å². The minimum atomic E-state index is -3.49. The fourth-order valence-electron chi connectivity index (χ4n) is 1.72. The van der Waals surface area contributed by atoms with E-state index in [1.807, 2.05) is 6.07 Å². The molecule has 1 aliphatic rings. The second-order valence-corrected chi connectivity index (χ2v) is 8.40. The Morgan fingerprint density at radius 3 is 2.71 bits per heavy atom. The molecule has 0 spiro atoms. The number of nitrogens with zero attached hydrogens (tertiary/aromatic N) is 3. The zero-order valence-electron chi connectivity index (χ0n) is 11.6. The Morgan fingerprint density at radius 2 is 2.10 bits per heavy atom. The van der Waals surface area contributed by atoms with E-state index in [4.69, 9.17) is 23.2 Å². The molecule has 0 unspecified atom stereocenters. The Labute approximate surface area is 139 Å². The summed E-state index contributed by atoms with van der Waals surface area (Å²) in [5, 5.41) is 1.63. The van der Waals surface area contributed by atoms with Gasteiger partial charge >= 0.3 is 10.2 Å². The van der Waals surface area contributed by atoms with Crippen LogP contribution in [0.15, 0.2) is 23.2 Å². The summed E-state index contributed by atoms with van der Waals surface area (Å²) in [5.41, 5.74) is 0.892. The van der Waals surface area contributed by atoms with Gasteiger partial charge in [0.25, 0.3) is 0 Å². The van der Waals surface area contributed by atoms with E-state index >= 15 is 0 Å². The van der Waals surface area contributed by atoms with E-state index in [1.165, 1.54) is 34.5 Å². The van der Waals surface area contributed by atoms with Gasteiger partial charge in [-0.05, 0) is 17.7 Å². The number of aliphatic imine (C=N–C) groups is 1. The van der Waals surface area contributed by atoms with Crippen LogP contribution in [0.4, 0.5) is 0 Å². The minimum Gasteiger partial charge on any atom is -0.260 e. The van der Waals surface area contributed by atoms with Crippen LogP contribution in [-0.4, -0.2) is 49.4 Å². The van der Waals surface area contributed by atoms with E-state index in [9.17, 15) is 8.42 Å². The molecule has 2 rings (SSSR count). The van der Waals surface area contributed by atoms with Crippen molar-refractivity contribution in [2.24, 2.45) is 4.99 Å². The number of hydrogen-bond acceptors (Lipinski definition) is 4. The average molecular weight is 368 g/mol. The second kappa shape index (κ2) is 6.75. The summed E-state index contributed by atoms with van der Waals surface area (Å²) in [7, 11) is -0.474. The lowest BCUT2D eigenvalue weighted by Gasteiger charge is -2.23. The van der Waals surface area contributed by atoms with Crippen molar-refractivity contribution < 1.29 is 8.42 Å². The summed E-state index contributed by atoms with van der Waals surface area (Å²) in [6.07, 6.45) is 0. The molecule has 0 aromatic heterocycles. The van der Waals surface area contributed by atoms with Crippen LogP contribution in [0.1, 0.15) is 5.56 Å². The second-order valence-electron chi connectivity index (χ2n) is 4.55. The normalized spacial score (nSPS) is 15.7. The fourth-order valence-corrected chi connectivity index (χ4v) is 4.63. The quantitative estimate of drug-likeness (QED) is 0.821. The number of amidine groups is 1. The molecule has 0 bridgehead atoms. The molecule has 5 nitrogen and oxygen atoms in total. The van der Waals surface area contributed by atoms with Crippen molar-refractivity contribution in [3.63, 3.8) is 0 Å². The molecule has 0 saturated heterocycles. The van der Waals surface area contributed by atoms with Crippen molar-refractivity contribution in [2.75, 3.05) is 27.2 Å². The van der Waals surface area contributed by atoms with Crippen LogP contribution >= 0.6 is 35.0 Å². The predicted octanol–water partition coefficient (Wildman–Crippen LogP) is 2.70. The van der Waals surface area contributed by atoms with Crippen LogP contribution in [0.5, 0.6) is 0 Å². The highest BCUT2D eigenvalue weighted by molar-refractivity contribution is 8.14. The first-order chi connectivity index (χ1) is 9.82. The standard InChI is InChI=1S/C12H15Cl2N3O2S2/c1-16(2)21(18,19)17-6-5-15-12(17)20-8-9-3-4-10(13)7-11(9)14/h3-4,7H,5-6,8H2,1-2H3. The van der Waals surface area contributed by atoms with Crippen LogP contribution in [0.2, 0.25) is 10.0 Å². The average Bonchev–Trinajstić information content (AvgIpc) is 2.86. The Kier molecular flexibility index (Phi) is 5.43.